The summed E-state index contributed by atoms with van der Waals surface area (Å²) in [4.78, 5) is 0. The van der Waals surface area contributed by atoms with E-state index >= 15 is 0 Å². The van der Waals surface area contributed by atoms with E-state index in [4.69, 9.17) is 9.47 Å². The van der Waals surface area contributed by atoms with Crippen molar-refractivity contribution in [1.29, 1.82) is 0 Å². The fourth-order valence-corrected chi connectivity index (χ4v) is 1.73. The average Bonchev–Trinajstić information content (AvgIpc) is 2.21. The normalized spacial score (nSPS) is 27.9. The van der Waals surface area contributed by atoms with Crippen LogP contribution in [-0.2, 0) is 9.47 Å². The van der Waals surface area contributed by atoms with Crippen LogP contribution >= 0.6 is 0 Å². The van der Waals surface area contributed by atoms with Crippen LogP contribution in [-0.4, -0.2) is 37.1 Å². The van der Waals surface area contributed by atoms with E-state index in [1.165, 1.54) is 0 Å². The van der Waals surface area contributed by atoms with Crippen LogP contribution in [0.2, 0.25) is 0 Å². The molecule has 0 saturated heterocycles. The van der Waals surface area contributed by atoms with E-state index in [0.717, 1.165) is 38.7 Å². The molecule has 1 rings (SSSR count). The molecule has 0 heterocycles. The van der Waals surface area contributed by atoms with Crippen molar-refractivity contribution in [3.05, 3.63) is 0 Å². The van der Waals surface area contributed by atoms with Crippen LogP contribution in [0.5, 0.6) is 0 Å². The van der Waals surface area contributed by atoms with Crippen molar-refractivity contribution in [2.75, 3.05) is 19.8 Å². The summed E-state index contributed by atoms with van der Waals surface area (Å²) in [5.41, 5.74) is 0. The number of aliphatic hydroxyl groups excluding tert-OH is 1. The van der Waals surface area contributed by atoms with Gasteiger partial charge < -0.3 is 14.6 Å². The van der Waals surface area contributed by atoms with Crippen LogP contribution < -0.4 is 0 Å². The summed E-state index contributed by atoms with van der Waals surface area (Å²) in [6.07, 6.45) is 5.09. The molecule has 0 atom stereocenters. The maximum absolute atomic E-state index is 9.29. The van der Waals surface area contributed by atoms with Gasteiger partial charge in [-0.1, -0.05) is 6.92 Å². The predicted molar refractivity (Wildman–Crippen MR) is 55.3 cm³/mol. The molecule has 3 nitrogen and oxygen atoms in total. The summed E-state index contributed by atoms with van der Waals surface area (Å²) in [5, 5.41) is 9.29. The molecule has 0 radical (unpaired) electrons. The molecule has 14 heavy (non-hydrogen) atoms. The average molecular weight is 202 g/mol. The standard InChI is InChI=1S/C11H22O3/c1-2-7-13-8-9-14-11-5-3-10(12)4-6-11/h10-12H,2-9H2,1H3. The van der Waals surface area contributed by atoms with Gasteiger partial charge in [0, 0.05) is 6.61 Å². The summed E-state index contributed by atoms with van der Waals surface area (Å²) in [7, 11) is 0. The fourth-order valence-electron chi connectivity index (χ4n) is 1.73. The minimum Gasteiger partial charge on any atom is -0.393 e. The highest BCUT2D eigenvalue weighted by Crippen LogP contribution is 2.20. The zero-order valence-corrected chi connectivity index (χ0v) is 9.08. The monoisotopic (exact) mass is 202 g/mol. The van der Waals surface area contributed by atoms with Gasteiger partial charge in [0.05, 0.1) is 25.4 Å². The van der Waals surface area contributed by atoms with E-state index < -0.39 is 0 Å². The van der Waals surface area contributed by atoms with Gasteiger partial charge in [0.2, 0.25) is 0 Å². The molecule has 0 aromatic rings. The van der Waals surface area contributed by atoms with Crippen LogP contribution in [0.1, 0.15) is 39.0 Å². The third-order valence-electron chi connectivity index (χ3n) is 2.57. The second-order valence-electron chi connectivity index (χ2n) is 3.91. The van der Waals surface area contributed by atoms with Crippen LogP contribution in [0.3, 0.4) is 0 Å². The zero-order valence-electron chi connectivity index (χ0n) is 9.08. The molecule has 0 spiro atoms. The summed E-state index contributed by atoms with van der Waals surface area (Å²) < 4.78 is 11.0. The Morgan fingerprint density at radius 2 is 1.79 bits per heavy atom. The first kappa shape index (κ1) is 12.0. The highest BCUT2D eigenvalue weighted by molar-refractivity contribution is 4.71. The third kappa shape index (κ3) is 4.94. The van der Waals surface area contributed by atoms with Crippen molar-refractivity contribution in [3.63, 3.8) is 0 Å². The van der Waals surface area contributed by atoms with Crippen molar-refractivity contribution < 1.29 is 14.6 Å². The number of hydrogen-bond donors (Lipinski definition) is 1. The highest BCUT2D eigenvalue weighted by Gasteiger charge is 2.19. The summed E-state index contributed by atoms with van der Waals surface area (Å²) in [5.74, 6) is 0. The maximum atomic E-state index is 9.29. The van der Waals surface area contributed by atoms with Crippen molar-refractivity contribution in [3.8, 4) is 0 Å². The Kier molecular flexibility index (Phi) is 6.15. The lowest BCUT2D eigenvalue weighted by Gasteiger charge is -2.25. The van der Waals surface area contributed by atoms with Crippen LogP contribution in [0.4, 0.5) is 0 Å². The van der Waals surface area contributed by atoms with Crippen molar-refractivity contribution in [2.45, 2.75) is 51.2 Å². The van der Waals surface area contributed by atoms with Crippen molar-refractivity contribution in [2.24, 2.45) is 0 Å². The fraction of sp³-hybridized carbons (Fsp3) is 1.00. The molecular weight excluding hydrogens is 180 g/mol. The minimum absolute atomic E-state index is 0.0915. The molecule has 3 heteroatoms. The van der Waals surface area contributed by atoms with Gasteiger partial charge in [0.25, 0.3) is 0 Å². The first-order valence-corrected chi connectivity index (χ1v) is 5.70. The molecule has 84 valence electrons. The highest BCUT2D eigenvalue weighted by atomic mass is 16.5. The van der Waals surface area contributed by atoms with E-state index in [0.29, 0.717) is 19.3 Å². The minimum atomic E-state index is -0.0915. The Balaban J connectivity index is 1.91. The third-order valence-corrected chi connectivity index (χ3v) is 2.57. The van der Waals surface area contributed by atoms with E-state index in [1.54, 1.807) is 0 Å². The molecule has 1 fully saturated rings. The largest absolute Gasteiger partial charge is 0.393 e. The number of rotatable bonds is 6. The molecule has 0 amide bonds. The zero-order chi connectivity index (χ0) is 10.2. The Labute approximate surface area is 86.4 Å². The Hall–Kier alpha value is -0.120. The topological polar surface area (TPSA) is 38.7 Å². The second kappa shape index (κ2) is 7.21. The summed E-state index contributed by atoms with van der Waals surface area (Å²) >= 11 is 0. The van der Waals surface area contributed by atoms with Gasteiger partial charge in [-0.15, -0.1) is 0 Å². The number of ether oxygens (including phenoxy) is 2. The van der Waals surface area contributed by atoms with Crippen molar-refractivity contribution >= 4 is 0 Å². The molecule has 0 aliphatic heterocycles. The van der Waals surface area contributed by atoms with Crippen LogP contribution in [0.15, 0.2) is 0 Å². The van der Waals surface area contributed by atoms with Gasteiger partial charge in [-0.2, -0.15) is 0 Å². The van der Waals surface area contributed by atoms with Crippen molar-refractivity contribution in [1.82, 2.24) is 0 Å². The first-order chi connectivity index (χ1) is 6.83. The Morgan fingerprint density at radius 3 is 2.43 bits per heavy atom. The van der Waals surface area contributed by atoms with Gasteiger partial charge >= 0.3 is 0 Å². The van der Waals surface area contributed by atoms with E-state index in [2.05, 4.69) is 6.92 Å². The molecule has 0 aromatic heterocycles. The van der Waals surface area contributed by atoms with E-state index in [9.17, 15) is 5.11 Å². The van der Waals surface area contributed by atoms with E-state index in [-0.39, 0.29) is 6.10 Å². The molecule has 0 unspecified atom stereocenters. The first-order valence-electron chi connectivity index (χ1n) is 5.70. The molecule has 1 aliphatic rings. The number of aliphatic hydroxyl groups is 1. The molecule has 1 aliphatic carbocycles. The quantitative estimate of drug-likeness (QED) is 0.667. The molecule has 1 saturated carbocycles. The molecule has 0 aromatic carbocycles. The Morgan fingerprint density at radius 1 is 1.07 bits per heavy atom. The second-order valence-corrected chi connectivity index (χ2v) is 3.91. The SMILES string of the molecule is CCCOCCOC1CCC(O)CC1. The Bertz CT molecular complexity index is 130. The van der Waals surface area contributed by atoms with Gasteiger partial charge in [-0.25, -0.2) is 0 Å². The van der Waals surface area contributed by atoms with Crippen LogP contribution in [0.25, 0.3) is 0 Å². The number of hydrogen-bond acceptors (Lipinski definition) is 3. The summed E-state index contributed by atoms with van der Waals surface area (Å²) in [6.45, 7) is 4.32. The van der Waals surface area contributed by atoms with Gasteiger partial charge in [-0.3, -0.25) is 0 Å². The maximum Gasteiger partial charge on any atom is 0.0704 e. The smallest absolute Gasteiger partial charge is 0.0704 e. The predicted octanol–water partition coefficient (Wildman–Crippen LogP) is 1.73. The van der Waals surface area contributed by atoms with E-state index in [1.807, 2.05) is 0 Å². The molecule has 0 bridgehead atoms. The molecule has 1 N–H and O–H groups in total. The lowest BCUT2D eigenvalue weighted by molar-refractivity contribution is -0.0281. The van der Waals surface area contributed by atoms with Crippen LogP contribution in [0, 0.1) is 0 Å². The lowest BCUT2D eigenvalue weighted by atomic mass is 9.95. The van der Waals surface area contributed by atoms with Gasteiger partial charge in [0.15, 0.2) is 0 Å². The van der Waals surface area contributed by atoms with Gasteiger partial charge in [0.1, 0.15) is 0 Å². The van der Waals surface area contributed by atoms with Gasteiger partial charge in [-0.05, 0) is 32.1 Å². The molecular formula is C11H22O3. The summed E-state index contributed by atoms with van der Waals surface area (Å²) in [6, 6.07) is 0. The lowest BCUT2D eigenvalue weighted by Crippen LogP contribution is -2.25.